The summed E-state index contributed by atoms with van der Waals surface area (Å²) in [6.45, 7) is 5.58. The van der Waals surface area contributed by atoms with Crippen molar-refractivity contribution in [3.05, 3.63) is 0 Å². The van der Waals surface area contributed by atoms with Crippen molar-refractivity contribution in [2.24, 2.45) is 21.7 Å². The maximum Gasteiger partial charge on any atom is 0.139 e. The molecule has 0 bridgehead atoms. The Morgan fingerprint density at radius 1 is 1.53 bits per heavy atom. The number of hydrogen-bond donors (Lipinski definition) is 3. The third-order valence-corrected chi connectivity index (χ3v) is 3.88. The topological polar surface area (TPSA) is 70.6 Å². The highest BCUT2D eigenvalue weighted by atomic mass is 16.4. The molecule has 4 N–H and O–H groups in total. The Bertz CT molecular complexity index is 282. The van der Waals surface area contributed by atoms with E-state index in [9.17, 15) is 0 Å². The number of nitrogens with two attached hydrogens (primary N) is 1. The Kier molecular flexibility index (Phi) is 2.41. The van der Waals surface area contributed by atoms with E-state index in [1.807, 2.05) is 0 Å². The first-order valence-electron chi connectivity index (χ1n) is 5.67. The number of nitrogens with one attached hydrogen (secondary N) is 1. The molecule has 2 aliphatic rings. The molecule has 4 heteroatoms. The van der Waals surface area contributed by atoms with E-state index < -0.39 is 0 Å². The van der Waals surface area contributed by atoms with E-state index in [0.29, 0.717) is 17.3 Å². The van der Waals surface area contributed by atoms with E-state index in [4.69, 9.17) is 10.9 Å². The monoisotopic (exact) mass is 211 g/mol. The van der Waals surface area contributed by atoms with Crippen LogP contribution >= 0.6 is 0 Å². The maximum atomic E-state index is 8.54. The molecule has 0 amide bonds. The lowest BCUT2D eigenvalue weighted by molar-refractivity contribution is 0.314. The molecule has 2 rings (SSSR count). The maximum absolute atomic E-state index is 8.54. The van der Waals surface area contributed by atoms with Crippen LogP contribution in [0.2, 0.25) is 0 Å². The van der Waals surface area contributed by atoms with Crippen molar-refractivity contribution in [1.82, 2.24) is 5.32 Å². The molecule has 2 fully saturated rings. The molecule has 4 nitrogen and oxygen atoms in total. The molecule has 0 heterocycles. The average molecular weight is 211 g/mol. The lowest BCUT2D eigenvalue weighted by Gasteiger charge is -2.15. The van der Waals surface area contributed by atoms with Crippen LogP contribution in [0.15, 0.2) is 5.16 Å². The van der Waals surface area contributed by atoms with E-state index >= 15 is 0 Å². The molecule has 0 spiro atoms. The molecular formula is C11H21N3O. The Hall–Kier alpha value is -0.770. The van der Waals surface area contributed by atoms with Crippen LogP contribution in [0.3, 0.4) is 0 Å². The zero-order valence-electron chi connectivity index (χ0n) is 9.58. The largest absolute Gasteiger partial charge is 0.409 e. The molecule has 0 aromatic heterocycles. The quantitative estimate of drug-likeness (QED) is 0.278. The van der Waals surface area contributed by atoms with Crippen molar-refractivity contribution in [1.29, 1.82) is 0 Å². The second-order valence-corrected chi connectivity index (χ2v) is 5.89. The van der Waals surface area contributed by atoms with E-state index in [2.05, 4.69) is 24.3 Å². The summed E-state index contributed by atoms with van der Waals surface area (Å²) < 4.78 is 0. The zero-order valence-corrected chi connectivity index (χ0v) is 9.58. The van der Waals surface area contributed by atoms with E-state index in [1.54, 1.807) is 0 Å². The summed E-state index contributed by atoms with van der Waals surface area (Å²) in [5, 5.41) is 15.2. The van der Waals surface area contributed by atoms with Crippen molar-refractivity contribution < 1.29 is 5.21 Å². The van der Waals surface area contributed by atoms with Crippen molar-refractivity contribution in [3.63, 3.8) is 0 Å². The third kappa shape index (κ3) is 2.43. The van der Waals surface area contributed by atoms with Gasteiger partial charge < -0.3 is 16.3 Å². The van der Waals surface area contributed by atoms with Gasteiger partial charge in [0.1, 0.15) is 5.84 Å². The summed E-state index contributed by atoms with van der Waals surface area (Å²) in [5.74, 6) is 0.365. The fourth-order valence-electron chi connectivity index (χ4n) is 2.17. The van der Waals surface area contributed by atoms with Gasteiger partial charge in [0, 0.05) is 19.0 Å². The molecule has 0 aliphatic heterocycles. The van der Waals surface area contributed by atoms with Crippen LogP contribution in [0.1, 0.15) is 39.5 Å². The highest BCUT2D eigenvalue weighted by molar-refractivity contribution is 5.80. The molecule has 2 saturated carbocycles. The molecule has 2 aliphatic carbocycles. The van der Waals surface area contributed by atoms with E-state index in [1.165, 1.54) is 19.3 Å². The molecule has 15 heavy (non-hydrogen) atoms. The normalized spacial score (nSPS) is 31.3. The Morgan fingerprint density at radius 2 is 2.13 bits per heavy atom. The second-order valence-electron chi connectivity index (χ2n) is 5.89. The van der Waals surface area contributed by atoms with Gasteiger partial charge in [0.2, 0.25) is 0 Å². The minimum atomic E-state index is 0.287. The standard InChI is InChI=1S/C11H21N3O/c1-10(2)5-8(10)13-7-11(3-4-11)6-9(12)14-15/h8,13,15H,3-7H2,1-2H3,(H2,12,14). The van der Waals surface area contributed by atoms with Crippen LogP contribution in [0, 0.1) is 10.8 Å². The van der Waals surface area contributed by atoms with Gasteiger partial charge in [-0.25, -0.2) is 0 Å². The predicted molar refractivity (Wildman–Crippen MR) is 59.9 cm³/mol. The number of nitrogens with zero attached hydrogens (tertiary/aromatic N) is 1. The van der Waals surface area contributed by atoms with Crippen LogP contribution in [-0.2, 0) is 0 Å². The highest BCUT2D eigenvalue weighted by Crippen LogP contribution is 2.50. The minimum Gasteiger partial charge on any atom is -0.409 e. The molecular weight excluding hydrogens is 190 g/mol. The zero-order chi connectivity index (χ0) is 11.1. The molecule has 0 aromatic rings. The SMILES string of the molecule is CC1(C)CC1NCC1(CC(N)=NO)CC1. The van der Waals surface area contributed by atoms with Gasteiger partial charge in [-0.05, 0) is 30.1 Å². The molecule has 1 unspecified atom stereocenters. The number of hydrogen-bond acceptors (Lipinski definition) is 3. The summed E-state index contributed by atoms with van der Waals surface area (Å²) in [7, 11) is 0. The summed E-state index contributed by atoms with van der Waals surface area (Å²) in [5.41, 5.74) is 6.31. The van der Waals surface area contributed by atoms with Gasteiger partial charge in [0.05, 0.1) is 0 Å². The van der Waals surface area contributed by atoms with Crippen LogP contribution in [0.25, 0.3) is 0 Å². The van der Waals surface area contributed by atoms with Crippen molar-refractivity contribution >= 4 is 5.84 Å². The molecule has 0 aromatic carbocycles. The summed E-state index contributed by atoms with van der Waals surface area (Å²) in [4.78, 5) is 0. The summed E-state index contributed by atoms with van der Waals surface area (Å²) >= 11 is 0. The Morgan fingerprint density at radius 3 is 2.53 bits per heavy atom. The fraction of sp³-hybridized carbons (Fsp3) is 0.909. The molecule has 86 valence electrons. The highest BCUT2D eigenvalue weighted by Gasteiger charge is 2.49. The number of oxime groups is 1. The van der Waals surface area contributed by atoms with Gasteiger partial charge in [-0.2, -0.15) is 0 Å². The summed E-state index contributed by atoms with van der Waals surface area (Å²) in [6.07, 6.45) is 4.39. The molecule has 0 saturated heterocycles. The van der Waals surface area contributed by atoms with Gasteiger partial charge >= 0.3 is 0 Å². The van der Waals surface area contributed by atoms with Gasteiger partial charge in [-0.3, -0.25) is 0 Å². The Balaban J connectivity index is 1.75. The lowest BCUT2D eigenvalue weighted by atomic mass is 10.0. The van der Waals surface area contributed by atoms with Gasteiger partial charge in [-0.15, -0.1) is 0 Å². The predicted octanol–water partition coefficient (Wildman–Crippen LogP) is 1.29. The van der Waals surface area contributed by atoms with Crippen LogP contribution in [0.4, 0.5) is 0 Å². The van der Waals surface area contributed by atoms with Crippen LogP contribution in [-0.4, -0.2) is 23.6 Å². The van der Waals surface area contributed by atoms with Gasteiger partial charge in [-0.1, -0.05) is 19.0 Å². The smallest absolute Gasteiger partial charge is 0.139 e. The second kappa shape index (κ2) is 3.37. The molecule has 1 atom stereocenters. The lowest BCUT2D eigenvalue weighted by Crippen LogP contribution is -2.31. The third-order valence-electron chi connectivity index (χ3n) is 3.88. The number of rotatable bonds is 5. The van der Waals surface area contributed by atoms with Crippen LogP contribution in [0.5, 0.6) is 0 Å². The van der Waals surface area contributed by atoms with E-state index in [-0.39, 0.29) is 5.41 Å². The van der Waals surface area contributed by atoms with Crippen molar-refractivity contribution in [2.75, 3.05) is 6.54 Å². The van der Waals surface area contributed by atoms with Crippen molar-refractivity contribution in [2.45, 2.75) is 45.6 Å². The fourth-order valence-corrected chi connectivity index (χ4v) is 2.17. The molecule has 0 radical (unpaired) electrons. The first-order chi connectivity index (χ1) is 6.97. The summed E-state index contributed by atoms with van der Waals surface area (Å²) in [6, 6.07) is 0.669. The van der Waals surface area contributed by atoms with Gasteiger partial charge in [0.25, 0.3) is 0 Å². The minimum absolute atomic E-state index is 0.287. The first-order valence-corrected chi connectivity index (χ1v) is 5.67. The first kappa shape index (κ1) is 10.7. The van der Waals surface area contributed by atoms with Crippen molar-refractivity contribution in [3.8, 4) is 0 Å². The van der Waals surface area contributed by atoms with Gasteiger partial charge in [0.15, 0.2) is 0 Å². The average Bonchev–Trinajstić information content (AvgIpc) is 3.03. The van der Waals surface area contributed by atoms with E-state index in [0.717, 1.165) is 13.0 Å². The van der Waals surface area contributed by atoms with Crippen LogP contribution < -0.4 is 11.1 Å². The number of amidine groups is 1. The Labute approximate surface area is 90.9 Å².